The van der Waals surface area contributed by atoms with Crippen molar-refractivity contribution in [1.29, 1.82) is 0 Å². The van der Waals surface area contributed by atoms with Gasteiger partial charge in [0, 0.05) is 23.8 Å². The Morgan fingerprint density at radius 3 is 2.62 bits per heavy atom. The highest BCUT2D eigenvalue weighted by atomic mass is 15.3. The third-order valence-corrected chi connectivity index (χ3v) is 2.91. The van der Waals surface area contributed by atoms with Crippen molar-refractivity contribution in [3.05, 3.63) is 17.0 Å². The summed E-state index contributed by atoms with van der Waals surface area (Å²) in [6.07, 6.45) is 1.26. The highest BCUT2D eigenvalue weighted by Gasteiger charge is 2.24. The van der Waals surface area contributed by atoms with Gasteiger partial charge in [0.25, 0.3) is 0 Å². The quantitative estimate of drug-likeness (QED) is 0.746. The molecule has 1 aromatic rings. The summed E-state index contributed by atoms with van der Waals surface area (Å²) >= 11 is 0. The molecule has 0 amide bonds. The lowest BCUT2D eigenvalue weighted by molar-refractivity contribution is 0.380. The maximum absolute atomic E-state index is 4.51. The Morgan fingerprint density at radius 1 is 1.54 bits per heavy atom. The number of hydrogen-bond donors (Lipinski definition) is 1. The van der Waals surface area contributed by atoms with Gasteiger partial charge in [0.05, 0.1) is 5.69 Å². The molecular weight excluding hydrogens is 162 g/mol. The van der Waals surface area contributed by atoms with E-state index in [0.29, 0.717) is 6.04 Å². The largest absolute Gasteiger partial charge is 0.310 e. The minimum absolute atomic E-state index is 0.570. The van der Waals surface area contributed by atoms with Crippen molar-refractivity contribution in [3.8, 4) is 0 Å². The Bertz CT molecular complexity index is 310. The first-order valence-corrected chi connectivity index (χ1v) is 5.01. The zero-order chi connectivity index (χ0) is 9.42. The van der Waals surface area contributed by atoms with Gasteiger partial charge in [0.1, 0.15) is 0 Å². The summed E-state index contributed by atoms with van der Waals surface area (Å²) in [5.41, 5.74) is 3.95. The SMILES string of the molecule is CCn1nc(C)c(C2CCN2)c1C. The van der Waals surface area contributed by atoms with Gasteiger partial charge >= 0.3 is 0 Å². The normalized spacial score (nSPS) is 21.6. The molecule has 1 unspecified atom stereocenters. The van der Waals surface area contributed by atoms with E-state index in [9.17, 15) is 0 Å². The summed E-state index contributed by atoms with van der Waals surface area (Å²) in [6.45, 7) is 8.53. The number of nitrogens with one attached hydrogen (secondary N) is 1. The van der Waals surface area contributed by atoms with E-state index in [1.165, 1.54) is 23.4 Å². The number of nitrogens with zero attached hydrogens (tertiary/aromatic N) is 2. The molecule has 1 fully saturated rings. The topological polar surface area (TPSA) is 29.9 Å². The average Bonchev–Trinajstić information content (AvgIpc) is 2.29. The van der Waals surface area contributed by atoms with Crippen molar-refractivity contribution >= 4 is 0 Å². The fourth-order valence-corrected chi connectivity index (χ4v) is 2.06. The molecule has 2 rings (SSSR count). The molecule has 72 valence electrons. The van der Waals surface area contributed by atoms with Crippen molar-refractivity contribution in [3.63, 3.8) is 0 Å². The first-order valence-electron chi connectivity index (χ1n) is 5.01. The Kier molecular flexibility index (Phi) is 2.12. The maximum atomic E-state index is 4.51. The second-order valence-corrected chi connectivity index (χ2v) is 3.70. The van der Waals surface area contributed by atoms with Gasteiger partial charge in [0.2, 0.25) is 0 Å². The fraction of sp³-hybridized carbons (Fsp3) is 0.700. The number of hydrogen-bond acceptors (Lipinski definition) is 2. The molecule has 2 heterocycles. The lowest BCUT2D eigenvalue weighted by Gasteiger charge is -2.28. The Morgan fingerprint density at radius 2 is 2.23 bits per heavy atom. The molecule has 1 saturated heterocycles. The lowest BCUT2D eigenvalue weighted by Crippen LogP contribution is -2.35. The van der Waals surface area contributed by atoms with Crippen LogP contribution in [0, 0.1) is 13.8 Å². The zero-order valence-electron chi connectivity index (χ0n) is 8.59. The van der Waals surface area contributed by atoms with E-state index in [4.69, 9.17) is 0 Å². The van der Waals surface area contributed by atoms with E-state index in [1.54, 1.807) is 0 Å². The van der Waals surface area contributed by atoms with Crippen LogP contribution in [0.1, 0.15) is 36.3 Å². The predicted octanol–water partition coefficient (Wildman–Crippen LogP) is 1.55. The predicted molar refractivity (Wildman–Crippen MR) is 52.7 cm³/mol. The van der Waals surface area contributed by atoms with Gasteiger partial charge in [-0.3, -0.25) is 4.68 Å². The van der Waals surface area contributed by atoms with Crippen LogP contribution in [0.2, 0.25) is 0 Å². The van der Waals surface area contributed by atoms with Gasteiger partial charge in [-0.1, -0.05) is 0 Å². The average molecular weight is 179 g/mol. The summed E-state index contributed by atoms with van der Waals surface area (Å²) in [7, 11) is 0. The van der Waals surface area contributed by atoms with Crippen LogP contribution in [-0.2, 0) is 6.54 Å². The molecule has 0 radical (unpaired) electrons. The number of rotatable bonds is 2. The van der Waals surface area contributed by atoms with Crippen LogP contribution in [-0.4, -0.2) is 16.3 Å². The summed E-state index contributed by atoms with van der Waals surface area (Å²) in [6, 6.07) is 0.570. The monoisotopic (exact) mass is 179 g/mol. The molecule has 1 aliphatic rings. The molecular formula is C10H17N3. The highest BCUT2D eigenvalue weighted by Crippen LogP contribution is 2.28. The molecule has 1 aromatic heterocycles. The van der Waals surface area contributed by atoms with Gasteiger partial charge in [0.15, 0.2) is 0 Å². The summed E-state index contributed by atoms with van der Waals surface area (Å²) < 4.78 is 2.09. The van der Waals surface area contributed by atoms with Crippen LogP contribution in [0.15, 0.2) is 0 Å². The molecule has 3 nitrogen and oxygen atoms in total. The second-order valence-electron chi connectivity index (χ2n) is 3.70. The minimum atomic E-state index is 0.570. The Balaban J connectivity index is 2.37. The number of aryl methyl sites for hydroxylation is 2. The maximum Gasteiger partial charge on any atom is 0.0644 e. The highest BCUT2D eigenvalue weighted by molar-refractivity contribution is 5.29. The van der Waals surface area contributed by atoms with E-state index < -0.39 is 0 Å². The third-order valence-electron chi connectivity index (χ3n) is 2.91. The Labute approximate surface area is 79.1 Å². The first-order chi connectivity index (χ1) is 6.24. The van der Waals surface area contributed by atoms with E-state index in [0.717, 1.165) is 13.1 Å². The van der Waals surface area contributed by atoms with E-state index >= 15 is 0 Å². The van der Waals surface area contributed by atoms with Gasteiger partial charge in [-0.15, -0.1) is 0 Å². The van der Waals surface area contributed by atoms with Crippen LogP contribution in [0.3, 0.4) is 0 Å². The van der Waals surface area contributed by atoms with Crippen LogP contribution in [0.25, 0.3) is 0 Å². The molecule has 13 heavy (non-hydrogen) atoms. The van der Waals surface area contributed by atoms with E-state index in [1.807, 2.05) is 0 Å². The molecule has 1 N–H and O–H groups in total. The fourth-order valence-electron chi connectivity index (χ4n) is 2.06. The van der Waals surface area contributed by atoms with Gasteiger partial charge in [-0.2, -0.15) is 5.10 Å². The smallest absolute Gasteiger partial charge is 0.0644 e. The standard InChI is InChI=1S/C10H17N3/c1-4-13-8(3)10(7(2)12-13)9-5-6-11-9/h9,11H,4-6H2,1-3H3. The molecule has 0 aliphatic carbocycles. The number of aromatic nitrogens is 2. The van der Waals surface area contributed by atoms with Crippen molar-refractivity contribution in [2.24, 2.45) is 0 Å². The molecule has 0 spiro atoms. The van der Waals surface area contributed by atoms with Crippen molar-refractivity contribution in [2.45, 2.75) is 39.8 Å². The van der Waals surface area contributed by atoms with Crippen LogP contribution < -0.4 is 5.32 Å². The van der Waals surface area contributed by atoms with Gasteiger partial charge in [-0.25, -0.2) is 0 Å². The summed E-state index contributed by atoms with van der Waals surface area (Å²) in [5, 5.41) is 7.94. The minimum Gasteiger partial charge on any atom is -0.310 e. The molecule has 3 heteroatoms. The lowest BCUT2D eigenvalue weighted by atomic mass is 9.96. The molecule has 0 bridgehead atoms. The van der Waals surface area contributed by atoms with Gasteiger partial charge in [-0.05, 0) is 33.7 Å². The molecule has 1 aliphatic heterocycles. The second kappa shape index (κ2) is 3.14. The molecule has 0 saturated carbocycles. The van der Waals surface area contributed by atoms with Crippen LogP contribution in [0.5, 0.6) is 0 Å². The third kappa shape index (κ3) is 1.27. The zero-order valence-corrected chi connectivity index (χ0v) is 8.59. The van der Waals surface area contributed by atoms with Gasteiger partial charge < -0.3 is 5.32 Å². The Hall–Kier alpha value is -0.830. The van der Waals surface area contributed by atoms with E-state index in [-0.39, 0.29) is 0 Å². The van der Waals surface area contributed by atoms with Crippen LogP contribution in [0.4, 0.5) is 0 Å². The van der Waals surface area contributed by atoms with E-state index in [2.05, 4.69) is 35.9 Å². The van der Waals surface area contributed by atoms with Crippen molar-refractivity contribution < 1.29 is 0 Å². The summed E-state index contributed by atoms with van der Waals surface area (Å²) in [5.74, 6) is 0. The molecule has 1 atom stereocenters. The first kappa shape index (κ1) is 8.75. The summed E-state index contributed by atoms with van der Waals surface area (Å²) in [4.78, 5) is 0. The van der Waals surface area contributed by atoms with Crippen molar-refractivity contribution in [1.82, 2.24) is 15.1 Å². The molecule has 0 aromatic carbocycles. The van der Waals surface area contributed by atoms with Crippen LogP contribution >= 0.6 is 0 Å². The van der Waals surface area contributed by atoms with Crippen molar-refractivity contribution in [2.75, 3.05) is 6.54 Å².